The van der Waals surface area contributed by atoms with E-state index in [1.807, 2.05) is 36.4 Å². The van der Waals surface area contributed by atoms with Gasteiger partial charge in [-0.1, -0.05) is 48.0 Å². The zero-order chi connectivity index (χ0) is 10.7. The van der Waals surface area contributed by atoms with Gasteiger partial charge in [-0.2, -0.15) is 0 Å². The molecule has 2 nitrogen and oxygen atoms in total. The zero-order valence-corrected chi connectivity index (χ0v) is 8.85. The van der Waals surface area contributed by atoms with E-state index >= 15 is 0 Å². The van der Waals surface area contributed by atoms with Gasteiger partial charge in [-0.05, 0) is 17.2 Å². The summed E-state index contributed by atoms with van der Waals surface area (Å²) in [5.74, 6) is 0. The number of pyridine rings is 1. The first kappa shape index (κ1) is 10.1. The second-order valence-corrected chi connectivity index (χ2v) is 3.69. The molecule has 0 spiro atoms. The average molecular weight is 219 g/mol. The highest BCUT2D eigenvalue weighted by Crippen LogP contribution is 2.19. The van der Waals surface area contributed by atoms with E-state index in [1.165, 1.54) is 0 Å². The number of hydrogen-bond acceptors (Lipinski definition) is 2. The third-order valence-corrected chi connectivity index (χ3v) is 2.49. The molecule has 0 aliphatic carbocycles. The number of nitrogens with zero attached hydrogens (tertiary/aromatic N) is 1. The van der Waals surface area contributed by atoms with Crippen molar-refractivity contribution in [3.05, 3.63) is 64.9 Å². The van der Waals surface area contributed by atoms with Gasteiger partial charge in [0.25, 0.3) is 0 Å². The molecule has 1 aromatic carbocycles. The molecule has 0 amide bonds. The smallest absolute Gasteiger partial charge is 0.129 e. The second kappa shape index (κ2) is 4.43. The van der Waals surface area contributed by atoms with Crippen molar-refractivity contribution >= 4 is 11.6 Å². The van der Waals surface area contributed by atoms with Gasteiger partial charge < -0.3 is 5.73 Å². The van der Waals surface area contributed by atoms with Crippen LogP contribution in [0.5, 0.6) is 0 Å². The van der Waals surface area contributed by atoms with E-state index in [-0.39, 0.29) is 6.04 Å². The minimum atomic E-state index is -0.143. The van der Waals surface area contributed by atoms with E-state index < -0.39 is 0 Å². The van der Waals surface area contributed by atoms with Gasteiger partial charge >= 0.3 is 0 Å². The van der Waals surface area contributed by atoms with Crippen LogP contribution in [-0.2, 0) is 0 Å². The summed E-state index contributed by atoms with van der Waals surface area (Å²) >= 11 is 5.71. The van der Waals surface area contributed by atoms with Crippen molar-refractivity contribution in [3.8, 4) is 0 Å². The van der Waals surface area contributed by atoms with Crippen molar-refractivity contribution in [1.29, 1.82) is 0 Å². The van der Waals surface area contributed by atoms with E-state index in [0.29, 0.717) is 5.15 Å². The Morgan fingerprint density at radius 2 is 1.73 bits per heavy atom. The summed E-state index contributed by atoms with van der Waals surface area (Å²) in [4.78, 5) is 4.01. The Morgan fingerprint density at radius 1 is 1.00 bits per heavy atom. The molecule has 1 aromatic heterocycles. The Hall–Kier alpha value is -1.38. The number of benzene rings is 1. The predicted molar refractivity (Wildman–Crippen MR) is 61.7 cm³/mol. The Kier molecular flexibility index (Phi) is 2.99. The van der Waals surface area contributed by atoms with Gasteiger partial charge in [0.15, 0.2) is 0 Å². The summed E-state index contributed by atoms with van der Waals surface area (Å²) in [6.07, 6.45) is 1.71. The highest BCUT2D eigenvalue weighted by atomic mass is 35.5. The fourth-order valence-electron chi connectivity index (χ4n) is 1.42. The van der Waals surface area contributed by atoms with Gasteiger partial charge in [0.1, 0.15) is 5.15 Å². The lowest BCUT2D eigenvalue weighted by Crippen LogP contribution is -2.11. The van der Waals surface area contributed by atoms with Crippen LogP contribution in [0.1, 0.15) is 17.2 Å². The number of hydrogen-bond donors (Lipinski definition) is 1. The molecular weight excluding hydrogens is 208 g/mol. The Bertz CT molecular complexity index is 425. The first-order valence-electron chi connectivity index (χ1n) is 4.69. The van der Waals surface area contributed by atoms with Crippen molar-refractivity contribution in [3.63, 3.8) is 0 Å². The monoisotopic (exact) mass is 218 g/mol. The second-order valence-electron chi connectivity index (χ2n) is 3.30. The van der Waals surface area contributed by atoms with Crippen molar-refractivity contribution in [2.24, 2.45) is 5.73 Å². The molecule has 2 rings (SSSR count). The molecule has 1 atom stereocenters. The minimum Gasteiger partial charge on any atom is -0.320 e. The Labute approximate surface area is 93.7 Å². The first-order valence-corrected chi connectivity index (χ1v) is 5.07. The van der Waals surface area contributed by atoms with Crippen LogP contribution in [0.25, 0.3) is 0 Å². The largest absolute Gasteiger partial charge is 0.320 e. The maximum absolute atomic E-state index is 6.08. The van der Waals surface area contributed by atoms with Crippen molar-refractivity contribution in [1.82, 2.24) is 4.98 Å². The summed E-state index contributed by atoms with van der Waals surface area (Å²) < 4.78 is 0. The first-order chi connectivity index (χ1) is 7.27. The molecule has 76 valence electrons. The van der Waals surface area contributed by atoms with Crippen LogP contribution in [-0.4, -0.2) is 4.98 Å². The molecule has 1 unspecified atom stereocenters. The summed E-state index contributed by atoms with van der Waals surface area (Å²) in [5.41, 5.74) is 8.12. The van der Waals surface area contributed by atoms with Crippen LogP contribution in [0.4, 0.5) is 0 Å². The third-order valence-electron chi connectivity index (χ3n) is 2.27. The normalized spacial score (nSPS) is 12.4. The van der Waals surface area contributed by atoms with Crippen molar-refractivity contribution in [2.75, 3.05) is 0 Å². The lowest BCUT2D eigenvalue weighted by molar-refractivity contribution is 0.863. The number of rotatable bonds is 2. The van der Waals surface area contributed by atoms with Gasteiger partial charge in [-0.25, -0.2) is 4.98 Å². The quantitative estimate of drug-likeness (QED) is 0.788. The van der Waals surface area contributed by atoms with Gasteiger partial charge in [0.2, 0.25) is 0 Å². The maximum Gasteiger partial charge on any atom is 0.129 e. The van der Waals surface area contributed by atoms with E-state index in [9.17, 15) is 0 Å². The zero-order valence-electron chi connectivity index (χ0n) is 8.10. The fourth-order valence-corrected chi connectivity index (χ4v) is 1.54. The van der Waals surface area contributed by atoms with Gasteiger partial charge in [0, 0.05) is 6.20 Å². The van der Waals surface area contributed by atoms with Crippen LogP contribution in [0.3, 0.4) is 0 Å². The molecule has 0 bridgehead atoms. The summed E-state index contributed by atoms with van der Waals surface area (Å²) in [6.45, 7) is 0. The van der Waals surface area contributed by atoms with Crippen molar-refractivity contribution < 1.29 is 0 Å². The van der Waals surface area contributed by atoms with Gasteiger partial charge in [0.05, 0.1) is 6.04 Å². The molecular formula is C12H11ClN2. The molecule has 2 N–H and O–H groups in total. The minimum absolute atomic E-state index is 0.143. The van der Waals surface area contributed by atoms with Crippen LogP contribution in [0.2, 0.25) is 5.15 Å². The number of aromatic nitrogens is 1. The fraction of sp³-hybridized carbons (Fsp3) is 0.0833. The van der Waals surface area contributed by atoms with E-state index in [4.69, 9.17) is 17.3 Å². The van der Waals surface area contributed by atoms with Crippen LogP contribution in [0, 0.1) is 0 Å². The molecule has 0 saturated carbocycles. The van der Waals surface area contributed by atoms with Crippen LogP contribution >= 0.6 is 11.6 Å². The SMILES string of the molecule is NC(c1ccccc1)c1ccc(Cl)nc1. The molecule has 3 heteroatoms. The summed E-state index contributed by atoms with van der Waals surface area (Å²) in [7, 11) is 0. The summed E-state index contributed by atoms with van der Waals surface area (Å²) in [6, 6.07) is 13.4. The van der Waals surface area contributed by atoms with Gasteiger partial charge in [-0.3, -0.25) is 0 Å². The van der Waals surface area contributed by atoms with E-state index in [1.54, 1.807) is 12.3 Å². The molecule has 0 radical (unpaired) electrons. The summed E-state index contributed by atoms with van der Waals surface area (Å²) in [5, 5.41) is 0.485. The standard InChI is InChI=1S/C12H11ClN2/c13-11-7-6-10(8-15-11)12(14)9-4-2-1-3-5-9/h1-8,12H,14H2. The highest BCUT2D eigenvalue weighted by molar-refractivity contribution is 6.29. The number of halogens is 1. The molecule has 15 heavy (non-hydrogen) atoms. The van der Waals surface area contributed by atoms with E-state index in [2.05, 4.69) is 4.98 Å². The number of nitrogens with two attached hydrogens (primary N) is 1. The molecule has 0 aliphatic rings. The third kappa shape index (κ3) is 2.35. The molecule has 2 aromatic rings. The van der Waals surface area contributed by atoms with Crippen molar-refractivity contribution in [2.45, 2.75) is 6.04 Å². The predicted octanol–water partition coefficient (Wildman–Crippen LogP) is 2.78. The van der Waals surface area contributed by atoms with Crippen LogP contribution < -0.4 is 5.73 Å². The Morgan fingerprint density at radius 3 is 2.33 bits per heavy atom. The lowest BCUT2D eigenvalue weighted by Gasteiger charge is -2.11. The van der Waals surface area contributed by atoms with Gasteiger partial charge in [-0.15, -0.1) is 0 Å². The highest BCUT2D eigenvalue weighted by Gasteiger charge is 2.07. The van der Waals surface area contributed by atoms with Crippen LogP contribution in [0.15, 0.2) is 48.7 Å². The van der Waals surface area contributed by atoms with E-state index in [0.717, 1.165) is 11.1 Å². The maximum atomic E-state index is 6.08. The Balaban J connectivity index is 2.29. The topological polar surface area (TPSA) is 38.9 Å². The molecule has 0 fully saturated rings. The molecule has 1 heterocycles. The molecule has 0 aliphatic heterocycles. The molecule has 0 saturated heterocycles. The lowest BCUT2D eigenvalue weighted by atomic mass is 10.0. The average Bonchev–Trinajstić information content (AvgIpc) is 2.30.